The molecule has 0 saturated carbocycles. The number of carbonyl (C=O) groups excluding carboxylic acids is 1. The molecule has 86 valence electrons. The van der Waals surface area contributed by atoms with Crippen LogP contribution in [0, 0.1) is 0 Å². The molecule has 0 fully saturated rings. The summed E-state index contributed by atoms with van der Waals surface area (Å²) >= 11 is 5.81. The van der Waals surface area contributed by atoms with E-state index in [1.165, 1.54) is 6.08 Å². The first-order valence-electron chi connectivity index (χ1n) is 5.33. The van der Waals surface area contributed by atoms with Crippen molar-refractivity contribution in [2.24, 2.45) is 0 Å². The van der Waals surface area contributed by atoms with Crippen LogP contribution in [-0.2, 0) is 9.53 Å². The van der Waals surface area contributed by atoms with Gasteiger partial charge in [0.25, 0.3) is 0 Å². The largest absolute Gasteiger partial charge is 0.463 e. The van der Waals surface area contributed by atoms with Gasteiger partial charge in [-0.25, -0.2) is 4.79 Å². The van der Waals surface area contributed by atoms with Crippen molar-refractivity contribution < 1.29 is 9.53 Å². The summed E-state index contributed by atoms with van der Waals surface area (Å²) in [5.41, 5.74) is 0.889. The second kappa shape index (κ2) is 7.07. The van der Waals surface area contributed by atoms with Gasteiger partial charge in [-0.2, -0.15) is 0 Å². The number of unbranched alkanes of at least 4 members (excludes halogenated alkanes) is 1. The van der Waals surface area contributed by atoms with Crippen molar-refractivity contribution in [2.75, 3.05) is 6.61 Å². The normalized spacial score (nSPS) is 10.6. The molecule has 0 atom stereocenters. The van der Waals surface area contributed by atoms with Gasteiger partial charge >= 0.3 is 5.97 Å². The fraction of sp³-hybridized carbons (Fsp3) is 0.308. The average molecular weight is 239 g/mol. The van der Waals surface area contributed by atoms with Crippen LogP contribution in [0.25, 0.3) is 6.08 Å². The monoisotopic (exact) mass is 238 g/mol. The van der Waals surface area contributed by atoms with E-state index < -0.39 is 0 Å². The van der Waals surface area contributed by atoms with Crippen LogP contribution >= 0.6 is 11.6 Å². The van der Waals surface area contributed by atoms with E-state index in [9.17, 15) is 4.79 Å². The van der Waals surface area contributed by atoms with Crippen molar-refractivity contribution in [3.05, 3.63) is 40.9 Å². The topological polar surface area (TPSA) is 26.3 Å². The molecule has 2 nitrogen and oxygen atoms in total. The van der Waals surface area contributed by atoms with E-state index in [1.54, 1.807) is 18.2 Å². The highest BCUT2D eigenvalue weighted by Gasteiger charge is 1.96. The van der Waals surface area contributed by atoms with Gasteiger partial charge in [-0.1, -0.05) is 37.1 Å². The van der Waals surface area contributed by atoms with Crippen molar-refractivity contribution in [1.29, 1.82) is 0 Å². The molecule has 0 spiro atoms. The minimum Gasteiger partial charge on any atom is -0.463 e. The van der Waals surface area contributed by atoms with Crippen molar-refractivity contribution in [1.82, 2.24) is 0 Å². The summed E-state index contributed by atoms with van der Waals surface area (Å²) < 4.78 is 4.98. The molecule has 0 amide bonds. The zero-order valence-corrected chi connectivity index (χ0v) is 10.0. The Morgan fingerprint density at radius 3 is 3.00 bits per heavy atom. The fourth-order valence-corrected chi connectivity index (χ4v) is 1.34. The SMILES string of the molecule is CCCCOC(=O)/C=C/c1cccc(Cl)c1. The van der Waals surface area contributed by atoms with Gasteiger partial charge in [0.1, 0.15) is 0 Å². The highest BCUT2D eigenvalue weighted by Crippen LogP contribution is 2.11. The van der Waals surface area contributed by atoms with Gasteiger partial charge in [-0.15, -0.1) is 0 Å². The van der Waals surface area contributed by atoms with Gasteiger partial charge in [0.2, 0.25) is 0 Å². The molecule has 0 aliphatic carbocycles. The third-order valence-electron chi connectivity index (χ3n) is 2.00. The molecule has 0 aliphatic rings. The molecule has 0 aromatic heterocycles. The van der Waals surface area contributed by atoms with Crippen LogP contribution in [0.4, 0.5) is 0 Å². The first kappa shape index (κ1) is 12.8. The minimum absolute atomic E-state index is 0.312. The highest BCUT2D eigenvalue weighted by atomic mass is 35.5. The van der Waals surface area contributed by atoms with Crippen LogP contribution in [0.3, 0.4) is 0 Å². The fourth-order valence-electron chi connectivity index (χ4n) is 1.14. The van der Waals surface area contributed by atoms with Crippen molar-refractivity contribution in [2.45, 2.75) is 19.8 Å². The number of benzene rings is 1. The third kappa shape index (κ3) is 4.99. The lowest BCUT2D eigenvalue weighted by Crippen LogP contribution is -2.01. The van der Waals surface area contributed by atoms with Gasteiger partial charge in [-0.3, -0.25) is 0 Å². The molecule has 0 heterocycles. The van der Waals surface area contributed by atoms with Crippen molar-refractivity contribution in [3.63, 3.8) is 0 Å². The molecule has 1 aromatic carbocycles. The van der Waals surface area contributed by atoms with Gasteiger partial charge < -0.3 is 4.74 Å². The molecule has 1 aromatic rings. The summed E-state index contributed by atoms with van der Waals surface area (Å²) in [6, 6.07) is 7.29. The third-order valence-corrected chi connectivity index (χ3v) is 2.24. The molecule has 0 unspecified atom stereocenters. The van der Waals surface area contributed by atoms with E-state index in [1.807, 2.05) is 12.1 Å². The lowest BCUT2D eigenvalue weighted by molar-refractivity contribution is -0.137. The van der Waals surface area contributed by atoms with E-state index in [0.29, 0.717) is 11.6 Å². The van der Waals surface area contributed by atoms with E-state index in [0.717, 1.165) is 18.4 Å². The predicted octanol–water partition coefficient (Wildman–Crippen LogP) is 3.70. The van der Waals surface area contributed by atoms with Crippen LogP contribution < -0.4 is 0 Å². The van der Waals surface area contributed by atoms with Crippen LogP contribution in [0.15, 0.2) is 30.3 Å². The summed E-state index contributed by atoms with van der Waals surface area (Å²) in [7, 11) is 0. The summed E-state index contributed by atoms with van der Waals surface area (Å²) in [6.45, 7) is 2.53. The molecule has 0 bridgehead atoms. The number of ether oxygens (including phenoxy) is 1. The summed E-state index contributed by atoms with van der Waals surface area (Å²) in [5, 5.41) is 0.654. The Morgan fingerprint density at radius 1 is 1.50 bits per heavy atom. The Morgan fingerprint density at radius 2 is 2.31 bits per heavy atom. The van der Waals surface area contributed by atoms with Crippen LogP contribution in [0.5, 0.6) is 0 Å². The second-order valence-corrected chi connectivity index (χ2v) is 3.85. The standard InChI is InChI=1S/C13H15ClO2/c1-2-3-9-16-13(15)8-7-11-5-4-6-12(14)10-11/h4-8,10H,2-3,9H2,1H3/b8-7+. The zero-order valence-electron chi connectivity index (χ0n) is 9.28. The molecule has 0 aliphatic heterocycles. The maximum Gasteiger partial charge on any atom is 0.330 e. The van der Waals surface area contributed by atoms with Gasteiger partial charge in [-0.05, 0) is 30.2 Å². The average Bonchev–Trinajstić information content (AvgIpc) is 2.27. The van der Waals surface area contributed by atoms with E-state index in [-0.39, 0.29) is 5.97 Å². The Hall–Kier alpha value is -1.28. The molecule has 1 rings (SSSR count). The molecule has 3 heteroatoms. The van der Waals surface area contributed by atoms with Crippen molar-refractivity contribution in [3.8, 4) is 0 Å². The van der Waals surface area contributed by atoms with E-state index >= 15 is 0 Å². The Labute approximate surface area is 101 Å². The Kier molecular flexibility index (Phi) is 5.65. The van der Waals surface area contributed by atoms with E-state index in [2.05, 4.69) is 6.92 Å². The molecule has 16 heavy (non-hydrogen) atoms. The number of carbonyl (C=O) groups is 1. The Balaban J connectivity index is 2.44. The lowest BCUT2D eigenvalue weighted by atomic mass is 10.2. The molecular formula is C13H15ClO2. The molecule has 0 saturated heterocycles. The van der Waals surface area contributed by atoms with Crippen molar-refractivity contribution >= 4 is 23.6 Å². The first-order chi connectivity index (χ1) is 7.72. The Bertz CT molecular complexity index is 372. The maximum absolute atomic E-state index is 11.2. The predicted molar refractivity (Wildman–Crippen MR) is 66.4 cm³/mol. The molecular weight excluding hydrogens is 224 g/mol. The number of hydrogen-bond acceptors (Lipinski definition) is 2. The lowest BCUT2D eigenvalue weighted by Gasteiger charge is -1.99. The van der Waals surface area contributed by atoms with Gasteiger partial charge in [0, 0.05) is 11.1 Å². The maximum atomic E-state index is 11.2. The van der Waals surface area contributed by atoms with Crippen LogP contribution in [0.1, 0.15) is 25.3 Å². The molecule has 0 radical (unpaired) electrons. The number of rotatable bonds is 5. The zero-order chi connectivity index (χ0) is 11.8. The van der Waals surface area contributed by atoms with Crippen LogP contribution in [0.2, 0.25) is 5.02 Å². The summed E-state index contributed by atoms with van der Waals surface area (Å²) in [5.74, 6) is -0.312. The van der Waals surface area contributed by atoms with Gasteiger partial charge in [0.05, 0.1) is 6.61 Å². The quantitative estimate of drug-likeness (QED) is 0.444. The van der Waals surface area contributed by atoms with E-state index in [4.69, 9.17) is 16.3 Å². The number of hydrogen-bond donors (Lipinski definition) is 0. The smallest absolute Gasteiger partial charge is 0.330 e. The summed E-state index contributed by atoms with van der Waals surface area (Å²) in [4.78, 5) is 11.2. The summed E-state index contributed by atoms with van der Waals surface area (Å²) in [6.07, 6.45) is 5.03. The second-order valence-electron chi connectivity index (χ2n) is 3.41. The number of halogens is 1. The first-order valence-corrected chi connectivity index (χ1v) is 5.70. The number of esters is 1. The van der Waals surface area contributed by atoms with Crippen LogP contribution in [-0.4, -0.2) is 12.6 Å². The van der Waals surface area contributed by atoms with Gasteiger partial charge in [0.15, 0.2) is 0 Å². The highest BCUT2D eigenvalue weighted by molar-refractivity contribution is 6.30. The molecule has 0 N–H and O–H groups in total. The minimum atomic E-state index is -0.312.